The Bertz CT molecular complexity index is 400. The van der Waals surface area contributed by atoms with Gasteiger partial charge in [-0.1, -0.05) is 18.2 Å². The van der Waals surface area contributed by atoms with Gasteiger partial charge in [0.25, 0.3) is 0 Å². The van der Waals surface area contributed by atoms with Gasteiger partial charge in [0.15, 0.2) is 0 Å². The highest BCUT2D eigenvalue weighted by molar-refractivity contribution is 7.99. The summed E-state index contributed by atoms with van der Waals surface area (Å²) < 4.78 is 21.8. The predicted octanol–water partition coefficient (Wildman–Crippen LogP) is 1.57. The van der Waals surface area contributed by atoms with Crippen LogP contribution in [0.2, 0.25) is 0 Å². The van der Waals surface area contributed by atoms with Crippen molar-refractivity contribution in [2.24, 2.45) is 0 Å². The fourth-order valence-electron chi connectivity index (χ4n) is 1.14. The van der Waals surface area contributed by atoms with E-state index in [4.69, 9.17) is 0 Å². The van der Waals surface area contributed by atoms with Crippen molar-refractivity contribution in [1.82, 2.24) is 0 Å². The van der Waals surface area contributed by atoms with Gasteiger partial charge in [-0.3, -0.25) is 0 Å². The standard InChI is InChI=1S/C11H16O3S2/c1-16(13,14)8-7-10(12)9-15-11-5-3-2-4-6-11/h2-6,10,12H,7-9H2,1H3. The minimum Gasteiger partial charge on any atom is -0.392 e. The van der Waals surface area contributed by atoms with Crippen LogP contribution in [-0.4, -0.2) is 37.4 Å². The first-order valence-corrected chi connectivity index (χ1v) is 8.05. The fourth-order valence-corrected chi connectivity index (χ4v) is 2.74. The van der Waals surface area contributed by atoms with Gasteiger partial charge >= 0.3 is 0 Å². The number of aliphatic hydroxyl groups is 1. The minimum atomic E-state index is -2.97. The van der Waals surface area contributed by atoms with Crippen LogP contribution < -0.4 is 0 Å². The van der Waals surface area contributed by atoms with Crippen molar-refractivity contribution < 1.29 is 13.5 Å². The smallest absolute Gasteiger partial charge is 0.147 e. The summed E-state index contributed by atoms with van der Waals surface area (Å²) in [6, 6.07) is 9.74. The molecule has 16 heavy (non-hydrogen) atoms. The molecule has 1 aromatic rings. The van der Waals surface area contributed by atoms with E-state index in [0.29, 0.717) is 12.2 Å². The predicted molar refractivity (Wildman–Crippen MR) is 67.5 cm³/mol. The summed E-state index contributed by atoms with van der Waals surface area (Å²) in [4.78, 5) is 1.08. The van der Waals surface area contributed by atoms with Crippen molar-refractivity contribution in [2.45, 2.75) is 17.4 Å². The lowest BCUT2D eigenvalue weighted by Gasteiger charge is -2.09. The van der Waals surface area contributed by atoms with Gasteiger partial charge < -0.3 is 5.11 Å². The summed E-state index contributed by atoms with van der Waals surface area (Å²) in [7, 11) is -2.97. The second-order valence-corrected chi connectivity index (χ2v) is 7.05. The molecule has 1 atom stereocenters. The number of thioether (sulfide) groups is 1. The summed E-state index contributed by atoms with van der Waals surface area (Å²) >= 11 is 1.53. The molecule has 0 heterocycles. The lowest BCUT2D eigenvalue weighted by atomic mass is 10.3. The molecule has 5 heteroatoms. The number of hydrogen-bond acceptors (Lipinski definition) is 4. The van der Waals surface area contributed by atoms with E-state index in [1.54, 1.807) is 0 Å². The van der Waals surface area contributed by atoms with Crippen LogP contribution in [0.4, 0.5) is 0 Å². The zero-order valence-electron chi connectivity index (χ0n) is 9.17. The van der Waals surface area contributed by atoms with Crippen molar-refractivity contribution in [3.63, 3.8) is 0 Å². The Hall–Kier alpha value is -0.520. The topological polar surface area (TPSA) is 54.4 Å². The van der Waals surface area contributed by atoms with Crippen molar-refractivity contribution in [2.75, 3.05) is 17.8 Å². The largest absolute Gasteiger partial charge is 0.392 e. The van der Waals surface area contributed by atoms with Gasteiger partial charge in [0.2, 0.25) is 0 Å². The number of benzene rings is 1. The van der Waals surface area contributed by atoms with Crippen molar-refractivity contribution in [1.29, 1.82) is 0 Å². The van der Waals surface area contributed by atoms with Gasteiger partial charge in [-0.25, -0.2) is 8.42 Å². The molecule has 0 fully saturated rings. The lowest BCUT2D eigenvalue weighted by molar-refractivity contribution is 0.196. The molecule has 0 bridgehead atoms. The molecule has 1 aromatic carbocycles. The minimum absolute atomic E-state index is 0.0452. The third kappa shape index (κ3) is 6.15. The van der Waals surface area contributed by atoms with Gasteiger partial charge in [-0.2, -0.15) is 0 Å². The molecular weight excluding hydrogens is 244 g/mol. The maximum absolute atomic E-state index is 10.9. The summed E-state index contributed by atoms with van der Waals surface area (Å²) in [6.45, 7) is 0. The normalized spacial score (nSPS) is 13.6. The van der Waals surface area contributed by atoms with Crippen LogP contribution in [0.3, 0.4) is 0 Å². The van der Waals surface area contributed by atoms with Gasteiger partial charge in [0.05, 0.1) is 11.9 Å². The molecule has 0 amide bonds. The Balaban J connectivity index is 2.28. The van der Waals surface area contributed by atoms with Crippen LogP contribution in [0.25, 0.3) is 0 Å². The molecule has 1 unspecified atom stereocenters. The van der Waals surface area contributed by atoms with Crippen LogP contribution in [-0.2, 0) is 9.84 Å². The third-order valence-electron chi connectivity index (χ3n) is 2.01. The molecule has 1 N–H and O–H groups in total. The first-order valence-electron chi connectivity index (χ1n) is 5.01. The average molecular weight is 260 g/mol. The molecular formula is C11H16O3S2. The molecule has 0 aromatic heterocycles. The van der Waals surface area contributed by atoms with Crippen molar-refractivity contribution >= 4 is 21.6 Å². The SMILES string of the molecule is CS(=O)(=O)CCC(O)CSc1ccccc1. The summed E-state index contributed by atoms with van der Waals surface area (Å²) in [5.41, 5.74) is 0. The van der Waals surface area contributed by atoms with Crippen LogP contribution in [0.5, 0.6) is 0 Å². The van der Waals surface area contributed by atoms with E-state index in [1.807, 2.05) is 30.3 Å². The van der Waals surface area contributed by atoms with E-state index in [2.05, 4.69) is 0 Å². The molecule has 0 radical (unpaired) electrons. The van der Waals surface area contributed by atoms with E-state index in [1.165, 1.54) is 18.0 Å². The Kier molecular flexibility index (Phi) is 5.31. The van der Waals surface area contributed by atoms with Gasteiger partial charge in [-0.05, 0) is 18.6 Å². The first-order chi connectivity index (χ1) is 7.47. The number of hydrogen-bond donors (Lipinski definition) is 1. The molecule has 3 nitrogen and oxygen atoms in total. The Morgan fingerprint density at radius 3 is 2.50 bits per heavy atom. The van der Waals surface area contributed by atoms with E-state index >= 15 is 0 Å². The van der Waals surface area contributed by atoms with Crippen LogP contribution in [0.15, 0.2) is 35.2 Å². The molecule has 0 aliphatic heterocycles. The van der Waals surface area contributed by atoms with Crippen molar-refractivity contribution in [3.05, 3.63) is 30.3 Å². The Morgan fingerprint density at radius 2 is 1.94 bits per heavy atom. The highest BCUT2D eigenvalue weighted by atomic mass is 32.2. The third-order valence-corrected chi connectivity index (χ3v) is 4.14. The number of sulfone groups is 1. The van der Waals surface area contributed by atoms with Crippen molar-refractivity contribution in [3.8, 4) is 0 Å². The maximum atomic E-state index is 10.9. The molecule has 0 saturated carbocycles. The zero-order valence-corrected chi connectivity index (χ0v) is 10.8. The second-order valence-electron chi connectivity index (χ2n) is 3.70. The van der Waals surface area contributed by atoms with E-state index in [-0.39, 0.29) is 5.75 Å². The van der Waals surface area contributed by atoms with Gasteiger partial charge in [0, 0.05) is 16.9 Å². The van der Waals surface area contributed by atoms with Gasteiger partial charge in [-0.15, -0.1) is 11.8 Å². The molecule has 90 valence electrons. The number of rotatable bonds is 6. The lowest BCUT2D eigenvalue weighted by Crippen LogP contribution is -2.16. The number of aliphatic hydroxyl groups excluding tert-OH is 1. The Labute approximate surface area is 101 Å². The van der Waals surface area contributed by atoms with Crippen LogP contribution >= 0.6 is 11.8 Å². The molecule has 0 aliphatic carbocycles. The van der Waals surface area contributed by atoms with E-state index in [9.17, 15) is 13.5 Å². The zero-order chi connectivity index (χ0) is 12.0. The van der Waals surface area contributed by atoms with Crippen LogP contribution in [0.1, 0.15) is 6.42 Å². The molecule has 0 aliphatic rings. The summed E-state index contributed by atoms with van der Waals surface area (Å²) in [6.07, 6.45) is 0.919. The molecule has 0 saturated heterocycles. The summed E-state index contributed by atoms with van der Waals surface area (Å²) in [5, 5.41) is 9.59. The first kappa shape index (κ1) is 13.5. The van der Waals surface area contributed by atoms with Gasteiger partial charge in [0.1, 0.15) is 9.84 Å². The average Bonchev–Trinajstić information content (AvgIpc) is 2.24. The highest BCUT2D eigenvalue weighted by Crippen LogP contribution is 2.18. The maximum Gasteiger partial charge on any atom is 0.147 e. The summed E-state index contributed by atoms with van der Waals surface area (Å²) in [5.74, 6) is 0.572. The van der Waals surface area contributed by atoms with E-state index in [0.717, 1.165) is 4.90 Å². The quantitative estimate of drug-likeness (QED) is 0.789. The Morgan fingerprint density at radius 1 is 1.31 bits per heavy atom. The fraction of sp³-hybridized carbons (Fsp3) is 0.455. The van der Waals surface area contributed by atoms with Crippen LogP contribution in [0, 0.1) is 0 Å². The molecule has 1 rings (SSSR count). The molecule has 0 spiro atoms. The second kappa shape index (κ2) is 6.27. The van der Waals surface area contributed by atoms with E-state index < -0.39 is 15.9 Å². The highest BCUT2D eigenvalue weighted by Gasteiger charge is 2.09. The monoisotopic (exact) mass is 260 g/mol.